The van der Waals surface area contributed by atoms with E-state index in [-0.39, 0.29) is 0 Å². The molecule has 0 spiro atoms. The molecule has 0 atom stereocenters. The van der Waals surface area contributed by atoms with Gasteiger partial charge < -0.3 is 9.88 Å². The van der Waals surface area contributed by atoms with E-state index in [1.807, 2.05) is 49.0 Å². The molecule has 0 saturated heterocycles. The van der Waals surface area contributed by atoms with Crippen molar-refractivity contribution in [1.29, 1.82) is 0 Å². The van der Waals surface area contributed by atoms with Crippen molar-refractivity contribution in [2.24, 2.45) is 7.05 Å². The molecule has 1 N–H and O–H groups in total. The van der Waals surface area contributed by atoms with Crippen molar-refractivity contribution in [1.82, 2.24) is 19.5 Å². The zero-order valence-corrected chi connectivity index (χ0v) is 13.3. The van der Waals surface area contributed by atoms with Gasteiger partial charge >= 0.3 is 0 Å². The van der Waals surface area contributed by atoms with E-state index in [2.05, 4.69) is 31.2 Å². The summed E-state index contributed by atoms with van der Waals surface area (Å²) < 4.78 is 2.75. The number of benzene rings is 1. The fraction of sp³-hybridized carbons (Fsp3) is 0.133. The van der Waals surface area contributed by atoms with Gasteiger partial charge in [0.05, 0.1) is 22.7 Å². The lowest BCUT2D eigenvalue weighted by Crippen LogP contribution is -2.03. The molecule has 0 radical (unpaired) electrons. The van der Waals surface area contributed by atoms with Crippen LogP contribution in [0.4, 0.5) is 5.82 Å². The van der Waals surface area contributed by atoms with Crippen molar-refractivity contribution in [3.8, 4) is 22.8 Å². The number of imidazole rings is 1. The SMILES string of the molecule is CNc1nc(-c2cncn2C)nc(-c2ccccc2)c1Br. The lowest BCUT2D eigenvalue weighted by molar-refractivity contribution is 0.908. The molecule has 3 aromatic rings. The van der Waals surface area contributed by atoms with Crippen LogP contribution in [0.15, 0.2) is 47.3 Å². The van der Waals surface area contributed by atoms with Crippen LogP contribution in [0.2, 0.25) is 0 Å². The maximum Gasteiger partial charge on any atom is 0.180 e. The van der Waals surface area contributed by atoms with E-state index in [9.17, 15) is 0 Å². The monoisotopic (exact) mass is 343 g/mol. The van der Waals surface area contributed by atoms with Crippen LogP contribution >= 0.6 is 15.9 Å². The minimum atomic E-state index is 0.640. The summed E-state index contributed by atoms with van der Waals surface area (Å²) in [7, 11) is 3.77. The quantitative estimate of drug-likeness (QED) is 0.792. The summed E-state index contributed by atoms with van der Waals surface area (Å²) in [6, 6.07) is 10.0. The van der Waals surface area contributed by atoms with Gasteiger partial charge in [-0.05, 0) is 15.9 Å². The predicted molar refractivity (Wildman–Crippen MR) is 86.9 cm³/mol. The Bertz CT molecular complexity index is 767. The number of nitrogens with zero attached hydrogens (tertiary/aromatic N) is 4. The third-order valence-electron chi connectivity index (χ3n) is 3.18. The number of nitrogens with one attached hydrogen (secondary N) is 1. The van der Waals surface area contributed by atoms with Gasteiger partial charge in [-0.15, -0.1) is 0 Å². The first-order chi connectivity index (χ1) is 10.2. The minimum absolute atomic E-state index is 0.640. The molecule has 5 nitrogen and oxygen atoms in total. The maximum absolute atomic E-state index is 4.70. The van der Waals surface area contributed by atoms with E-state index in [1.165, 1.54) is 0 Å². The first-order valence-electron chi connectivity index (χ1n) is 6.48. The largest absolute Gasteiger partial charge is 0.372 e. The first kappa shape index (κ1) is 13.8. The zero-order valence-electron chi connectivity index (χ0n) is 11.7. The van der Waals surface area contributed by atoms with E-state index < -0.39 is 0 Å². The third-order valence-corrected chi connectivity index (χ3v) is 3.93. The Morgan fingerprint density at radius 1 is 1.14 bits per heavy atom. The summed E-state index contributed by atoms with van der Waals surface area (Å²) in [5.74, 6) is 1.39. The summed E-state index contributed by atoms with van der Waals surface area (Å²) in [4.78, 5) is 13.4. The van der Waals surface area contributed by atoms with Gasteiger partial charge in [-0.3, -0.25) is 0 Å². The molecule has 6 heteroatoms. The Kier molecular flexibility index (Phi) is 3.70. The average molecular weight is 344 g/mol. The maximum atomic E-state index is 4.70. The Morgan fingerprint density at radius 3 is 2.52 bits per heavy atom. The molecular formula is C15H14BrN5. The summed E-state index contributed by atoms with van der Waals surface area (Å²) in [6.45, 7) is 0. The van der Waals surface area contributed by atoms with Gasteiger partial charge in [0.15, 0.2) is 5.82 Å². The van der Waals surface area contributed by atoms with Crippen molar-refractivity contribution in [3.05, 3.63) is 47.3 Å². The lowest BCUT2D eigenvalue weighted by Gasteiger charge is -2.11. The van der Waals surface area contributed by atoms with Crippen LogP contribution in [0.5, 0.6) is 0 Å². The fourth-order valence-corrected chi connectivity index (χ4v) is 2.69. The highest BCUT2D eigenvalue weighted by Crippen LogP contribution is 2.33. The summed E-state index contributed by atoms with van der Waals surface area (Å²) in [6.07, 6.45) is 3.50. The number of halogens is 1. The molecule has 0 saturated carbocycles. The van der Waals surface area contributed by atoms with Crippen molar-refractivity contribution < 1.29 is 0 Å². The zero-order chi connectivity index (χ0) is 14.8. The molecular weight excluding hydrogens is 330 g/mol. The Hall–Kier alpha value is -2.21. The van der Waals surface area contributed by atoms with Crippen LogP contribution in [0.1, 0.15) is 0 Å². The van der Waals surface area contributed by atoms with Crippen LogP contribution in [-0.2, 0) is 7.05 Å². The standard InChI is InChI=1S/C15H14BrN5/c1-17-15-12(16)13(10-6-4-3-5-7-10)19-14(20-15)11-8-18-9-21(11)2/h3-9H,1-2H3,(H,17,19,20). The molecule has 2 heterocycles. The van der Waals surface area contributed by atoms with Gasteiger partial charge in [-0.1, -0.05) is 30.3 Å². The number of anilines is 1. The number of aromatic nitrogens is 4. The summed E-state index contributed by atoms with van der Waals surface area (Å²) >= 11 is 3.58. The highest BCUT2D eigenvalue weighted by molar-refractivity contribution is 9.10. The molecule has 0 unspecified atom stereocenters. The predicted octanol–water partition coefficient (Wildman–Crippen LogP) is 3.35. The molecule has 1 aromatic carbocycles. The van der Waals surface area contributed by atoms with Crippen LogP contribution in [0, 0.1) is 0 Å². The molecule has 0 fully saturated rings. The molecule has 106 valence electrons. The van der Waals surface area contributed by atoms with E-state index in [4.69, 9.17) is 4.98 Å². The second-order valence-electron chi connectivity index (χ2n) is 4.56. The number of hydrogen-bond acceptors (Lipinski definition) is 4. The number of aryl methyl sites for hydroxylation is 1. The number of hydrogen-bond donors (Lipinski definition) is 1. The third kappa shape index (κ3) is 2.54. The summed E-state index contributed by atoms with van der Waals surface area (Å²) in [5, 5.41) is 3.10. The molecule has 21 heavy (non-hydrogen) atoms. The minimum Gasteiger partial charge on any atom is -0.372 e. The first-order valence-corrected chi connectivity index (χ1v) is 7.27. The van der Waals surface area contributed by atoms with Gasteiger partial charge in [0.1, 0.15) is 11.5 Å². The van der Waals surface area contributed by atoms with Gasteiger partial charge in [0, 0.05) is 19.7 Å². The van der Waals surface area contributed by atoms with Crippen LogP contribution in [0.25, 0.3) is 22.8 Å². The Morgan fingerprint density at radius 2 is 1.90 bits per heavy atom. The molecule has 0 amide bonds. The molecule has 0 bridgehead atoms. The Labute approximate surface area is 131 Å². The smallest absolute Gasteiger partial charge is 0.180 e. The van der Waals surface area contributed by atoms with E-state index >= 15 is 0 Å². The number of rotatable bonds is 3. The topological polar surface area (TPSA) is 55.6 Å². The van der Waals surface area contributed by atoms with Crippen molar-refractivity contribution >= 4 is 21.7 Å². The average Bonchev–Trinajstić information content (AvgIpc) is 2.94. The normalized spacial score (nSPS) is 10.6. The Balaban J connectivity index is 2.23. The van der Waals surface area contributed by atoms with Crippen LogP contribution in [0.3, 0.4) is 0 Å². The highest BCUT2D eigenvalue weighted by Gasteiger charge is 2.15. The van der Waals surface area contributed by atoms with Crippen molar-refractivity contribution in [2.75, 3.05) is 12.4 Å². The summed E-state index contributed by atoms with van der Waals surface area (Å²) in [5.41, 5.74) is 2.76. The molecule has 0 aliphatic heterocycles. The lowest BCUT2D eigenvalue weighted by atomic mass is 10.1. The van der Waals surface area contributed by atoms with E-state index in [0.29, 0.717) is 5.82 Å². The van der Waals surface area contributed by atoms with Crippen molar-refractivity contribution in [3.63, 3.8) is 0 Å². The molecule has 2 aromatic heterocycles. The second-order valence-corrected chi connectivity index (χ2v) is 5.36. The van der Waals surface area contributed by atoms with Crippen LogP contribution in [-0.4, -0.2) is 26.6 Å². The van der Waals surface area contributed by atoms with Gasteiger partial charge in [-0.25, -0.2) is 15.0 Å². The van der Waals surface area contributed by atoms with E-state index in [1.54, 1.807) is 12.5 Å². The fourth-order valence-electron chi connectivity index (χ4n) is 2.09. The van der Waals surface area contributed by atoms with Crippen LogP contribution < -0.4 is 5.32 Å². The second kappa shape index (κ2) is 5.65. The molecule has 3 rings (SSSR count). The van der Waals surface area contributed by atoms with Gasteiger partial charge in [0.25, 0.3) is 0 Å². The highest BCUT2D eigenvalue weighted by atomic mass is 79.9. The molecule has 0 aliphatic carbocycles. The van der Waals surface area contributed by atoms with E-state index in [0.717, 1.165) is 27.2 Å². The van der Waals surface area contributed by atoms with Gasteiger partial charge in [0.2, 0.25) is 0 Å². The van der Waals surface area contributed by atoms with Gasteiger partial charge in [-0.2, -0.15) is 0 Å². The van der Waals surface area contributed by atoms with Crippen molar-refractivity contribution in [2.45, 2.75) is 0 Å². The molecule has 0 aliphatic rings.